The van der Waals surface area contributed by atoms with Gasteiger partial charge in [0.25, 0.3) is 0 Å². The van der Waals surface area contributed by atoms with Gasteiger partial charge in [0, 0.05) is 53.6 Å². The number of fused-ring (bicyclic) bond motifs is 4. The molecule has 2 aromatic rings. The summed E-state index contributed by atoms with van der Waals surface area (Å²) in [7, 11) is 0.907. The van der Waals surface area contributed by atoms with Crippen LogP contribution in [0.15, 0.2) is 12.1 Å². The van der Waals surface area contributed by atoms with Gasteiger partial charge in [-0.1, -0.05) is 37.0 Å². The SMILES string of the molecule is COC(=O)C1Cc2c(c(Cl)cc(C=O)c2B2OCC(C)(C)CO2)O1.COC(=O)C1Cc2c(c(Cl)cc3c2B(O)OC3C)O1. The highest BCUT2D eigenvalue weighted by Crippen LogP contribution is 2.40. The van der Waals surface area contributed by atoms with E-state index >= 15 is 0 Å². The lowest BCUT2D eigenvalue weighted by molar-refractivity contribution is -0.148. The first kappa shape index (κ1) is 31.6. The third-order valence-corrected chi connectivity index (χ3v) is 8.24. The van der Waals surface area contributed by atoms with Gasteiger partial charge in [-0.25, -0.2) is 9.59 Å². The molecule has 0 spiro atoms. The van der Waals surface area contributed by atoms with E-state index in [0.717, 1.165) is 11.1 Å². The second-order valence-corrected chi connectivity index (χ2v) is 12.2. The monoisotopic (exact) mass is 634 g/mol. The second kappa shape index (κ2) is 12.3. The summed E-state index contributed by atoms with van der Waals surface area (Å²) in [5.41, 5.74) is 3.74. The van der Waals surface area contributed by atoms with Crippen LogP contribution in [-0.4, -0.2) is 77.1 Å². The summed E-state index contributed by atoms with van der Waals surface area (Å²) in [5.74, 6) is -0.132. The molecule has 1 saturated heterocycles. The molecule has 2 aromatic carbocycles. The number of methoxy groups -OCH3 is 2. The van der Waals surface area contributed by atoms with Crippen molar-refractivity contribution >= 4 is 66.6 Å². The largest absolute Gasteiger partial charge is 0.495 e. The van der Waals surface area contributed by atoms with Gasteiger partial charge in [0.15, 0.2) is 12.2 Å². The van der Waals surface area contributed by atoms with Crippen molar-refractivity contribution in [3.63, 3.8) is 0 Å². The van der Waals surface area contributed by atoms with E-state index in [9.17, 15) is 19.4 Å². The fourth-order valence-electron chi connectivity index (χ4n) is 5.56. The van der Waals surface area contributed by atoms with Crippen molar-refractivity contribution in [2.45, 2.75) is 51.9 Å². The predicted molar refractivity (Wildman–Crippen MR) is 157 cm³/mol. The maximum Gasteiger partial charge on any atom is 0.495 e. The Balaban J connectivity index is 0.000000176. The fraction of sp³-hybridized carbons (Fsp3) is 0.464. The first-order valence-corrected chi connectivity index (χ1v) is 14.4. The molecule has 43 heavy (non-hydrogen) atoms. The number of rotatable bonds is 4. The lowest BCUT2D eigenvalue weighted by Crippen LogP contribution is -2.49. The molecule has 6 rings (SSSR count). The molecule has 1 fully saturated rings. The Labute approximate surface area is 259 Å². The molecule has 15 heteroatoms. The molecule has 0 amide bonds. The van der Waals surface area contributed by atoms with Crippen molar-refractivity contribution in [1.29, 1.82) is 0 Å². The molecule has 0 bridgehead atoms. The summed E-state index contributed by atoms with van der Waals surface area (Å²) in [6.45, 7) is 6.90. The van der Waals surface area contributed by atoms with Crippen LogP contribution in [0.3, 0.4) is 0 Å². The Morgan fingerprint density at radius 3 is 1.98 bits per heavy atom. The zero-order valence-electron chi connectivity index (χ0n) is 24.2. The van der Waals surface area contributed by atoms with E-state index < -0.39 is 38.4 Å². The van der Waals surface area contributed by atoms with Crippen LogP contribution in [0.1, 0.15) is 53.9 Å². The fourth-order valence-corrected chi connectivity index (χ4v) is 6.12. The highest BCUT2D eigenvalue weighted by Gasteiger charge is 2.43. The standard InChI is InChI=1S/C16H18BClO6.C12H12BClO5/c1-16(2)7-22-17(23-8-16)13-9(6-19)4-11(18)14-10(13)5-12(24-14)15(20)21-3;1-5-6-3-8(14)11-7(10(6)13(16)19-5)4-9(18-11)12(15)17-2/h4,6,12H,5,7-8H2,1-3H3;3,5,9,16H,4H2,1-2H3. The molecule has 4 aliphatic heterocycles. The number of aldehydes is 1. The van der Waals surface area contributed by atoms with Crippen molar-refractivity contribution in [2.75, 3.05) is 27.4 Å². The lowest BCUT2D eigenvalue weighted by atomic mass is 9.70. The Morgan fingerprint density at radius 1 is 0.953 bits per heavy atom. The minimum absolute atomic E-state index is 0.0987. The molecule has 4 aliphatic rings. The van der Waals surface area contributed by atoms with Crippen molar-refractivity contribution in [3.8, 4) is 11.5 Å². The van der Waals surface area contributed by atoms with Gasteiger partial charge in [-0.05, 0) is 30.1 Å². The smallest absolute Gasteiger partial charge is 0.477 e. The molecular formula is C28H30B2Cl2O11. The molecule has 0 aliphatic carbocycles. The maximum absolute atomic E-state index is 11.8. The maximum atomic E-state index is 11.8. The average Bonchev–Trinajstić information content (AvgIpc) is 3.69. The zero-order chi connectivity index (χ0) is 31.2. The summed E-state index contributed by atoms with van der Waals surface area (Å²) < 4.78 is 37.5. The summed E-state index contributed by atoms with van der Waals surface area (Å²) >= 11 is 12.4. The second-order valence-electron chi connectivity index (χ2n) is 11.4. The van der Waals surface area contributed by atoms with E-state index in [0.29, 0.717) is 64.5 Å². The number of hydrogen-bond donors (Lipinski definition) is 1. The van der Waals surface area contributed by atoms with Crippen molar-refractivity contribution in [2.24, 2.45) is 5.41 Å². The molecule has 0 aromatic heterocycles. The number of esters is 2. The summed E-state index contributed by atoms with van der Waals surface area (Å²) in [6.07, 6.45) is -0.441. The van der Waals surface area contributed by atoms with Crippen LogP contribution in [0.5, 0.6) is 11.5 Å². The van der Waals surface area contributed by atoms with Crippen LogP contribution >= 0.6 is 23.2 Å². The van der Waals surface area contributed by atoms with Crippen molar-refractivity contribution in [1.82, 2.24) is 0 Å². The van der Waals surface area contributed by atoms with Gasteiger partial charge in [0.05, 0.1) is 30.4 Å². The van der Waals surface area contributed by atoms with Crippen LogP contribution in [-0.2, 0) is 45.9 Å². The highest BCUT2D eigenvalue weighted by molar-refractivity contribution is 6.64. The van der Waals surface area contributed by atoms with Gasteiger partial charge in [-0.15, -0.1) is 0 Å². The van der Waals surface area contributed by atoms with Gasteiger partial charge < -0.3 is 37.9 Å². The van der Waals surface area contributed by atoms with Crippen LogP contribution in [0, 0.1) is 5.41 Å². The Hall–Kier alpha value is -2.80. The van der Waals surface area contributed by atoms with Gasteiger partial charge in [-0.2, -0.15) is 0 Å². The Bertz CT molecular complexity index is 1460. The molecule has 3 atom stereocenters. The van der Waals surface area contributed by atoms with Crippen LogP contribution in [0.25, 0.3) is 0 Å². The number of ether oxygens (including phenoxy) is 4. The van der Waals surface area contributed by atoms with Gasteiger partial charge in [0.1, 0.15) is 17.8 Å². The molecular weight excluding hydrogens is 605 g/mol. The molecule has 1 N–H and O–H groups in total. The molecule has 3 unspecified atom stereocenters. The Kier molecular flexibility index (Phi) is 9.04. The third kappa shape index (κ3) is 5.99. The average molecular weight is 635 g/mol. The number of carbonyl (C=O) groups excluding carboxylic acids is 3. The van der Waals surface area contributed by atoms with Crippen molar-refractivity contribution in [3.05, 3.63) is 44.4 Å². The van der Waals surface area contributed by atoms with Crippen LogP contribution in [0.2, 0.25) is 10.0 Å². The van der Waals surface area contributed by atoms with E-state index in [-0.39, 0.29) is 23.0 Å². The van der Waals surface area contributed by atoms with Crippen LogP contribution in [0.4, 0.5) is 0 Å². The molecule has 4 heterocycles. The minimum atomic E-state index is -1.00. The van der Waals surface area contributed by atoms with Gasteiger partial charge in [0.2, 0.25) is 0 Å². The van der Waals surface area contributed by atoms with E-state index in [2.05, 4.69) is 4.74 Å². The number of halogens is 2. The van der Waals surface area contributed by atoms with Gasteiger partial charge in [-0.3, -0.25) is 4.79 Å². The number of carbonyl (C=O) groups is 3. The highest BCUT2D eigenvalue weighted by atomic mass is 35.5. The van der Waals surface area contributed by atoms with E-state index in [4.69, 9.17) is 51.4 Å². The number of hydrogen-bond acceptors (Lipinski definition) is 11. The summed E-state index contributed by atoms with van der Waals surface area (Å²) in [4.78, 5) is 34.9. The quantitative estimate of drug-likeness (QED) is 0.300. The van der Waals surface area contributed by atoms with Crippen LogP contribution < -0.4 is 20.4 Å². The first-order chi connectivity index (χ1) is 20.4. The topological polar surface area (TPSA) is 136 Å². The van der Waals surface area contributed by atoms with E-state index in [1.54, 1.807) is 6.07 Å². The van der Waals surface area contributed by atoms with E-state index in [1.165, 1.54) is 20.3 Å². The molecule has 228 valence electrons. The Morgan fingerprint density at radius 2 is 1.47 bits per heavy atom. The summed E-state index contributed by atoms with van der Waals surface area (Å²) in [6, 6.07) is 3.23. The molecule has 11 nitrogen and oxygen atoms in total. The molecule has 0 radical (unpaired) electrons. The predicted octanol–water partition coefficient (Wildman–Crippen LogP) is 1.99. The normalized spacial score (nSPS) is 22.7. The van der Waals surface area contributed by atoms with Gasteiger partial charge >= 0.3 is 26.2 Å². The zero-order valence-corrected chi connectivity index (χ0v) is 25.7. The van der Waals surface area contributed by atoms with Crippen molar-refractivity contribution < 1.29 is 52.3 Å². The third-order valence-electron chi connectivity index (χ3n) is 7.68. The van der Waals surface area contributed by atoms with E-state index in [1.807, 2.05) is 20.8 Å². The number of benzene rings is 2. The molecule has 0 saturated carbocycles. The summed E-state index contributed by atoms with van der Waals surface area (Å²) in [5, 5.41) is 10.6. The minimum Gasteiger partial charge on any atom is -0.477 e. The lowest BCUT2D eigenvalue weighted by Gasteiger charge is -2.34. The first-order valence-electron chi connectivity index (χ1n) is 13.6.